The van der Waals surface area contributed by atoms with Crippen molar-refractivity contribution >= 4 is 23.7 Å². The number of nitrogen functional groups attached to an aromatic ring is 1. The lowest BCUT2D eigenvalue weighted by Gasteiger charge is -2.28. The molecule has 1 fully saturated rings. The van der Waals surface area contributed by atoms with Gasteiger partial charge in [0.2, 0.25) is 5.91 Å². The van der Waals surface area contributed by atoms with E-state index in [0.717, 1.165) is 17.0 Å². The maximum Gasteiger partial charge on any atom is 0.324 e. The van der Waals surface area contributed by atoms with Crippen LogP contribution in [-0.4, -0.2) is 63.5 Å². The smallest absolute Gasteiger partial charge is 0.324 e. The van der Waals surface area contributed by atoms with Gasteiger partial charge >= 0.3 is 12.0 Å². The molecule has 4 N–H and O–H groups in total. The lowest BCUT2D eigenvalue weighted by molar-refractivity contribution is -0.140. The molecule has 11 heteroatoms. The van der Waals surface area contributed by atoms with E-state index in [1.165, 1.54) is 17.2 Å². The van der Waals surface area contributed by atoms with Crippen LogP contribution in [0, 0.1) is 11.6 Å². The van der Waals surface area contributed by atoms with Gasteiger partial charge in [-0.25, -0.2) is 18.6 Å². The van der Waals surface area contributed by atoms with E-state index in [1.807, 2.05) is 0 Å². The summed E-state index contributed by atoms with van der Waals surface area (Å²) in [7, 11) is 0. The monoisotopic (exact) mass is 461 g/mol. The largest absolute Gasteiger partial charge is 0.480 e. The van der Waals surface area contributed by atoms with Gasteiger partial charge in [-0.15, -0.1) is 0 Å². The molecule has 0 unspecified atom stereocenters. The van der Waals surface area contributed by atoms with Gasteiger partial charge in [0.15, 0.2) is 11.6 Å². The lowest BCUT2D eigenvalue weighted by Crippen LogP contribution is -2.52. The van der Waals surface area contributed by atoms with E-state index in [-0.39, 0.29) is 26.1 Å². The molecule has 1 aliphatic heterocycles. The first kappa shape index (κ1) is 24.1. The number of benzene rings is 1. The molecule has 1 aromatic heterocycles. The summed E-state index contributed by atoms with van der Waals surface area (Å²) in [5, 5.41) is 11.8. The van der Waals surface area contributed by atoms with Gasteiger partial charge in [-0.1, -0.05) is 12.1 Å². The van der Waals surface area contributed by atoms with E-state index in [1.54, 1.807) is 12.1 Å². The summed E-state index contributed by atoms with van der Waals surface area (Å²) in [5.74, 6) is -3.29. The maximum absolute atomic E-state index is 13.6. The summed E-state index contributed by atoms with van der Waals surface area (Å²) in [6.45, 7) is 0.113. The fourth-order valence-electron chi connectivity index (χ4n) is 3.71. The number of hydrogen-bond acceptors (Lipinski definition) is 6. The number of carboxylic acids is 1. The summed E-state index contributed by atoms with van der Waals surface area (Å²) in [6.07, 6.45) is 2.64. The predicted molar refractivity (Wildman–Crippen MR) is 115 cm³/mol. The third kappa shape index (κ3) is 6.45. The summed E-state index contributed by atoms with van der Waals surface area (Å²) >= 11 is 0. The number of carbonyl (C=O) groups is 3. The number of imide groups is 1. The zero-order valence-corrected chi connectivity index (χ0v) is 17.8. The Morgan fingerprint density at radius 1 is 1.18 bits per heavy atom. The number of nitrogens with two attached hydrogens (primary N) is 1. The number of anilines is 1. The number of pyridine rings is 1. The van der Waals surface area contributed by atoms with Crippen LogP contribution in [-0.2, 0) is 22.6 Å². The highest BCUT2D eigenvalue weighted by molar-refractivity contribution is 5.97. The van der Waals surface area contributed by atoms with Crippen LogP contribution in [0.2, 0.25) is 0 Å². The molecule has 1 saturated heterocycles. The Bertz CT molecular complexity index is 1020. The first-order chi connectivity index (χ1) is 15.7. The summed E-state index contributed by atoms with van der Waals surface area (Å²) < 4.78 is 26.8. The van der Waals surface area contributed by atoms with E-state index in [9.17, 15) is 23.2 Å². The number of nitrogens with zero attached hydrogens (tertiary/aromatic N) is 3. The van der Waals surface area contributed by atoms with Crippen molar-refractivity contribution in [3.63, 3.8) is 0 Å². The van der Waals surface area contributed by atoms with Gasteiger partial charge in [-0.2, -0.15) is 0 Å². The van der Waals surface area contributed by atoms with Crippen LogP contribution in [0.5, 0.6) is 0 Å². The SMILES string of the molecule is Nc1ccc(CNC(=O)N(CCc2ccc(F)c(F)c2)C(=O)[C@H]2CCCN2CC(=O)O)cn1. The zero-order valence-electron chi connectivity index (χ0n) is 17.8. The number of halogens is 2. The molecule has 176 valence electrons. The van der Waals surface area contributed by atoms with Crippen molar-refractivity contribution in [1.82, 2.24) is 20.1 Å². The summed E-state index contributed by atoms with van der Waals surface area (Å²) in [6, 6.07) is 5.21. The number of hydrogen-bond donors (Lipinski definition) is 3. The zero-order chi connectivity index (χ0) is 24.0. The van der Waals surface area contributed by atoms with Crippen molar-refractivity contribution in [2.45, 2.75) is 31.8 Å². The van der Waals surface area contributed by atoms with Crippen LogP contribution in [0.3, 0.4) is 0 Å². The Hall–Kier alpha value is -3.60. The molecule has 0 saturated carbocycles. The van der Waals surface area contributed by atoms with Crippen LogP contribution in [0.25, 0.3) is 0 Å². The number of nitrogens with one attached hydrogen (secondary N) is 1. The number of rotatable bonds is 8. The Morgan fingerprint density at radius 3 is 2.61 bits per heavy atom. The Morgan fingerprint density at radius 2 is 1.94 bits per heavy atom. The molecule has 0 aliphatic carbocycles. The molecule has 0 spiro atoms. The first-order valence-electron chi connectivity index (χ1n) is 10.4. The van der Waals surface area contributed by atoms with Crippen molar-refractivity contribution in [2.75, 3.05) is 25.4 Å². The quantitative estimate of drug-likeness (QED) is 0.546. The molecular weight excluding hydrogens is 436 g/mol. The second kappa shape index (κ2) is 10.8. The fourth-order valence-corrected chi connectivity index (χ4v) is 3.71. The molecule has 3 rings (SSSR count). The van der Waals surface area contributed by atoms with Crippen molar-refractivity contribution in [3.8, 4) is 0 Å². The minimum absolute atomic E-state index is 0.0879. The minimum Gasteiger partial charge on any atom is -0.480 e. The molecule has 0 bridgehead atoms. The van der Waals surface area contributed by atoms with Gasteiger partial charge in [0.1, 0.15) is 5.82 Å². The average molecular weight is 461 g/mol. The van der Waals surface area contributed by atoms with Gasteiger partial charge < -0.3 is 16.2 Å². The molecule has 2 heterocycles. The highest BCUT2D eigenvalue weighted by Gasteiger charge is 2.36. The minimum atomic E-state index is -1.07. The Labute approximate surface area is 189 Å². The van der Waals surface area contributed by atoms with E-state index in [0.29, 0.717) is 36.3 Å². The van der Waals surface area contributed by atoms with Crippen LogP contribution in [0.4, 0.5) is 19.4 Å². The van der Waals surface area contributed by atoms with Crippen molar-refractivity contribution in [2.24, 2.45) is 0 Å². The highest BCUT2D eigenvalue weighted by atomic mass is 19.2. The van der Waals surface area contributed by atoms with Crippen molar-refractivity contribution in [3.05, 3.63) is 59.3 Å². The molecule has 33 heavy (non-hydrogen) atoms. The maximum atomic E-state index is 13.6. The van der Waals surface area contributed by atoms with E-state index >= 15 is 0 Å². The number of urea groups is 1. The Balaban J connectivity index is 1.74. The van der Waals surface area contributed by atoms with Crippen molar-refractivity contribution < 1.29 is 28.3 Å². The number of carbonyl (C=O) groups excluding carboxylic acids is 2. The second-order valence-corrected chi connectivity index (χ2v) is 7.76. The van der Waals surface area contributed by atoms with E-state index < -0.39 is 35.6 Å². The standard InChI is InChI=1S/C22H25F2N5O4/c23-16-5-3-14(10-17(16)24)7-9-29(21(32)18-2-1-8-28(18)13-20(30)31)22(33)27-12-15-4-6-19(25)26-11-15/h3-6,10-11,18H,1-2,7-9,12-13H2,(H2,25,26)(H,27,33)(H,30,31)/t18-/m1/s1. The van der Waals surface area contributed by atoms with Gasteiger partial charge in [0, 0.05) is 19.3 Å². The van der Waals surface area contributed by atoms with Gasteiger partial charge in [-0.3, -0.25) is 19.4 Å². The molecule has 1 aromatic carbocycles. The Kier molecular flexibility index (Phi) is 7.88. The van der Waals surface area contributed by atoms with Gasteiger partial charge in [-0.05, 0) is 55.1 Å². The average Bonchev–Trinajstić information content (AvgIpc) is 3.23. The van der Waals surface area contributed by atoms with Gasteiger partial charge in [0.25, 0.3) is 0 Å². The molecule has 3 amide bonds. The van der Waals surface area contributed by atoms with Crippen molar-refractivity contribution in [1.29, 1.82) is 0 Å². The predicted octanol–water partition coefficient (Wildman–Crippen LogP) is 1.77. The fraction of sp³-hybridized carbons (Fsp3) is 0.364. The third-order valence-electron chi connectivity index (χ3n) is 5.40. The van der Waals surface area contributed by atoms with Crippen LogP contribution in [0.1, 0.15) is 24.0 Å². The lowest BCUT2D eigenvalue weighted by atomic mass is 10.1. The van der Waals surface area contributed by atoms with Crippen LogP contribution >= 0.6 is 0 Å². The normalized spacial score (nSPS) is 15.9. The topological polar surface area (TPSA) is 129 Å². The van der Waals surface area contributed by atoms with Gasteiger partial charge in [0.05, 0.1) is 12.6 Å². The molecule has 9 nitrogen and oxygen atoms in total. The molecule has 0 radical (unpaired) electrons. The van der Waals surface area contributed by atoms with Crippen LogP contribution in [0.15, 0.2) is 36.5 Å². The number of carboxylic acid groups (broad SMARTS) is 1. The number of aromatic nitrogens is 1. The second-order valence-electron chi connectivity index (χ2n) is 7.76. The highest BCUT2D eigenvalue weighted by Crippen LogP contribution is 2.20. The molecule has 2 aromatic rings. The summed E-state index contributed by atoms with van der Waals surface area (Å²) in [5.41, 5.74) is 6.63. The third-order valence-corrected chi connectivity index (χ3v) is 5.40. The molecular formula is C22H25F2N5O4. The van der Waals surface area contributed by atoms with Crippen LogP contribution < -0.4 is 11.1 Å². The number of likely N-dealkylation sites (tertiary alicyclic amines) is 1. The van der Waals surface area contributed by atoms with E-state index in [2.05, 4.69) is 10.3 Å². The molecule has 1 atom stereocenters. The summed E-state index contributed by atoms with van der Waals surface area (Å²) in [4.78, 5) is 43.8. The number of aliphatic carboxylic acids is 1. The number of amides is 3. The molecule has 1 aliphatic rings. The van der Waals surface area contributed by atoms with E-state index in [4.69, 9.17) is 10.8 Å². The first-order valence-corrected chi connectivity index (χ1v) is 10.4.